The predicted molar refractivity (Wildman–Crippen MR) is 129 cm³/mol. The molecule has 0 amide bonds. The summed E-state index contributed by atoms with van der Waals surface area (Å²) in [5.74, 6) is 0.335. The minimum atomic E-state index is -4.50. The lowest BCUT2D eigenvalue weighted by atomic mass is 9.89. The second-order valence-electron chi connectivity index (χ2n) is 8.48. The predicted octanol–water partition coefficient (Wildman–Crippen LogP) is 7.25. The molecule has 0 radical (unpaired) electrons. The number of hydrogen-bond acceptors (Lipinski definition) is 3. The Morgan fingerprint density at radius 1 is 0.912 bits per heavy atom. The van der Waals surface area contributed by atoms with E-state index in [4.69, 9.17) is 0 Å². The van der Waals surface area contributed by atoms with Crippen molar-refractivity contribution >= 4 is 9.84 Å². The molecule has 4 rings (SSSR count). The Morgan fingerprint density at radius 3 is 2.12 bits per heavy atom. The smallest absolute Gasteiger partial charge is 0.264 e. The quantitative estimate of drug-likeness (QED) is 0.377. The van der Waals surface area contributed by atoms with E-state index in [9.17, 15) is 21.6 Å². The number of rotatable bonds is 5. The Morgan fingerprint density at radius 2 is 1.53 bits per heavy atom. The fraction of sp³-hybridized carbons (Fsp3) is 0.423. The molecule has 0 bridgehead atoms. The number of halogens is 3. The third kappa shape index (κ3) is 6.29. The number of alkyl halides is 3. The molecule has 0 spiro atoms. The van der Waals surface area contributed by atoms with Crippen molar-refractivity contribution in [3.05, 3.63) is 60.3 Å². The van der Waals surface area contributed by atoms with Crippen molar-refractivity contribution < 1.29 is 21.6 Å². The maximum absolute atomic E-state index is 13.4. The molecule has 34 heavy (non-hydrogen) atoms. The van der Waals surface area contributed by atoms with Crippen LogP contribution in [0.4, 0.5) is 13.2 Å². The summed E-state index contributed by atoms with van der Waals surface area (Å²) in [6.45, 7) is 4.48. The van der Waals surface area contributed by atoms with Crippen LogP contribution in [0, 0.1) is 5.92 Å². The molecule has 1 aliphatic rings. The average Bonchev–Trinajstić information content (AvgIpc) is 3.25. The molecule has 1 aliphatic carbocycles. The van der Waals surface area contributed by atoms with Gasteiger partial charge in [-0.3, -0.25) is 4.68 Å². The van der Waals surface area contributed by atoms with E-state index >= 15 is 0 Å². The minimum absolute atomic E-state index is 0.222. The van der Waals surface area contributed by atoms with Crippen molar-refractivity contribution in [2.45, 2.75) is 63.6 Å². The van der Waals surface area contributed by atoms with Crippen molar-refractivity contribution in [2.24, 2.45) is 5.92 Å². The van der Waals surface area contributed by atoms with E-state index < -0.39 is 21.7 Å². The van der Waals surface area contributed by atoms with Crippen LogP contribution < -0.4 is 0 Å². The highest BCUT2D eigenvalue weighted by Gasteiger charge is 2.35. The molecule has 1 fully saturated rings. The van der Waals surface area contributed by atoms with E-state index in [0.29, 0.717) is 23.7 Å². The highest BCUT2D eigenvalue weighted by molar-refractivity contribution is 7.90. The van der Waals surface area contributed by atoms with Crippen molar-refractivity contribution in [3.63, 3.8) is 0 Å². The zero-order chi connectivity index (χ0) is 24.9. The lowest BCUT2D eigenvalue weighted by molar-refractivity contribution is -0.141. The van der Waals surface area contributed by atoms with Gasteiger partial charge in [0, 0.05) is 12.8 Å². The molecule has 184 valence electrons. The number of aromatic nitrogens is 2. The molecule has 0 unspecified atom stereocenters. The Labute approximate surface area is 199 Å². The van der Waals surface area contributed by atoms with Gasteiger partial charge in [-0.05, 0) is 53.6 Å². The van der Waals surface area contributed by atoms with Gasteiger partial charge < -0.3 is 0 Å². The summed E-state index contributed by atoms with van der Waals surface area (Å²) < 4.78 is 65.3. The van der Waals surface area contributed by atoms with Crippen LogP contribution in [0.5, 0.6) is 0 Å². The van der Waals surface area contributed by atoms with E-state index in [0.717, 1.165) is 49.1 Å². The lowest BCUT2D eigenvalue weighted by Gasteiger charge is -2.22. The van der Waals surface area contributed by atoms with Crippen LogP contribution in [0.1, 0.15) is 51.6 Å². The van der Waals surface area contributed by atoms with Gasteiger partial charge in [0.2, 0.25) is 0 Å². The first kappa shape index (κ1) is 26.0. The van der Waals surface area contributed by atoms with Crippen molar-refractivity contribution in [1.29, 1.82) is 0 Å². The van der Waals surface area contributed by atoms with E-state index in [1.807, 2.05) is 13.8 Å². The molecule has 0 saturated heterocycles. The van der Waals surface area contributed by atoms with Crippen LogP contribution in [0.25, 0.3) is 22.4 Å². The molecule has 3 aromatic rings. The monoisotopic (exact) mass is 492 g/mol. The number of hydrogen-bond donors (Lipinski definition) is 0. The zero-order valence-electron chi connectivity index (χ0n) is 19.8. The van der Waals surface area contributed by atoms with Crippen molar-refractivity contribution in [2.75, 3.05) is 6.26 Å². The fourth-order valence-corrected chi connectivity index (χ4v) is 4.95. The third-order valence-electron chi connectivity index (χ3n) is 6.00. The van der Waals surface area contributed by atoms with Gasteiger partial charge in [0.05, 0.1) is 10.6 Å². The first-order valence-electron chi connectivity index (χ1n) is 11.7. The minimum Gasteiger partial charge on any atom is -0.264 e. The van der Waals surface area contributed by atoms with Gasteiger partial charge in [0.1, 0.15) is 0 Å². The summed E-state index contributed by atoms with van der Waals surface area (Å²) in [4.78, 5) is 0.222. The molecule has 0 N–H and O–H groups in total. The molecule has 1 aromatic heterocycles. The van der Waals surface area contributed by atoms with Gasteiger partial charge in [0.25, 0.3) is 0 Å². The summed E-state index contributed by atoms with van der Waals surface area (Å²) in [5.41, 5.74) is 1.72. The number of sulfone groups is 1. The van der Waals surface area contributed by atoms with Crippen LogP contribution in [-0.4, -0.2) is 24.5 Å². The van der Waals surface area contributed by atoms with E-state index in [1.165, 1.54) is 17.2 Å². The number of nitrogens with zero attached hydrogens (tertiary/aromatic N) is 2. The van der Waals surface area contributed by atoms with Gasteiger partial charge in [0.15, 0.2) is 15.5 Å². The van der Waals surface area contributed by atoms with E-state index in [1.54, 1.807) is 42.5 Å². The third-order valence-corrected chi connectivity index (χ3v) is 7.11. The molecule has 0 aliphatic heterocycles. The molecule has 1 heterocycles. The van der Waals surface area contributed by atoms with Gasteiger partial charge in [-0.1, -0.05) is 69.5 Å². The Kier molecular flexibility index (Phi) is 8.23. The maximum Gasteiger partial charge on any atom is 0.435 e. The Hall–Kier alpha value is -2.61. The van der Waals surface area contributed by atoms with Crippen LogP contribution in [0.15, 0.2) is 59.5 Å². The van der Waals surface area contributed by atoms with Gasteiger partial charge in [-0.25, -0.2) is 8.42 Å². The summed E-state index contributed by atoms with van der Waals surface area (Å²) in [7, 11) is -3.33. The molecule has 8 heteroatoms. The molecule has 0 atom stereocenters. The summed E-state index contributed by atoms with van der Waals surface area (Å²) in [5, 5.41) is 3.90. The summed E-state index contributed by atoms with van der Waals surface area (Å²) in [6, 6.07) is 14.8. The summed E-state index contributed by atoms with van der Waals surface area (Å²) >= 11 is 0. The van der Waals surface area contributed by atoms with Gasteiger partial charge >= 0.3 is 6.18 Å². The first-order valence-corrected chi connectivity index (χ1v) is 13.6. The fourth-order valence-electron chi connectivity index (χ4n) is 4.28. The first-order chi connectivity index (χ1) is 16.1. The molecular formula is C26H31F3N2O2S. The molecular weight excluding hydrogens is 461 g/mol. The number of benzene rings is 2. The average molecular weight is 493 g/mol. The standard InChI is InChI=1S/C24H25F3N2O2S.C2H6/c1-32(30,31)21-9-5-8-20(14-21)18-10-12-19(13-11-18)22-15-23(24(25,26)27)28-29(22)16-17-6-3-2-4-7-17;1-2/h5,8-15,17H,2-4,6-7,16H2,1H3;1-2H3. The topological polar surface area (TPSA) is 52.0 Å². The largest absolute Gasteiger partial charge is 0.435 e. The van der Waals surface area contributed by atoms with Crippen LogP contribution >= 0.6 is 0 Å². The molecule has 1 saturated carbocycles. The Balaban J connectivity index is 0.00000158. The Bertz CT molecular complexity index is 1190. The van der Waals surface area contributed by atoms with E-state index in [-0.39, 0.29) is 4.90 Å². The van der Waals surface area contributed by atoms with Crippen molar-refractivity contribution in [1.82, 2.24) is 9.78 Å². The van der Waals surface area contributed by atoms with Gasteiger partial charge in [-0.2, -0.15) is 18.3 Å². The van der Waals surface area contributed by atoms with Crippen molar-refractivity contribution in [3.8, 4) is 22.4 Å². The molecule has 4 nitrogen and oxygen atoms in total. The lowest BCUT2D eigenvalue weighted by Crippen LogP contribution is -2.16. The SMILES string of the molecule is CC.CS(=O)(=O)c1cccc(-c2ccc(-c3cc(C(F)(F)F)nn3CC3CCCCC3)cc2)c1. The summed E-state index contributed by atoms with van der Waals surface area (Å²) in [6.07, 6.45) is 2.06. The normalized spacial score (nSPS) is 15.0. The maximum atomic E-state index is 13.4. The molecule has 2 aromatic carbocycles. The second-order valence-corrected chi connectivity index (χ2v) is 10.5. The van der Waals surface area contributed by atoms with E-state index in [2.05, 4.69) is 5.10 Å². The second kappa shape index (κ2) is 10.8. The highest BCUT2D eigenvalue weighted by Crippen LogP contribution is 2.34. The van der Waals surface area contributed by atoms with Gasteiger partial charge in [-0.15, -0.1) is 0 Å². The highest BCUT2D eigenvalue weighted by atomic mass is 32.2. The van der Waals surface area contributed by atoms with Crippen LogP contribution in [0.2, 0.25) is 0 Å². The zero-order valence-corrected chi connectivity index (χ0v) is 20.6. The van der Waals surface area contributed by atoms with Crippen LogP contribution in [0.3, 0.4) is 0 Å². The van der Waals surface area contributed by atoms with Crippen LogP contribution in [-0.2, 0) is 22.6 Å².